The molecule has 0 radical (unpaired) electrons. The third kappa shape index (κ3) is 7.70. The standard InChI is InChI=1S/C29H50N2O5/c1-3-4-5-6-7-8-21(33)17-22(34)11-9-19-15-25(28(35)26(16-19)36-2)27-20(18-32)10-12-24-23(27)13-14-31-29(24)30/h10,12,19-20,23-29,31-32,35H,3-9,11,13-18,30H2,1-2H3/p+1/t19?,20-,23?,24?,25?,26?,27-,28?,29?/m0/s1. The summed E-state index contributed by atoms with van der Waals surface area (Å²) >= 11 is 0. The average molecular weight is 508 g/mol. The fourth-order valence-corrected chi connectivity index (χ4v) is 7.28. The van der Waals surface area contributed by atoms with Crippen LogP contribution in [0.2, 0.25) is 0 Å². The summed E-state index contributed by atoms with van der Waals surface area (Å²) in [6.07, 6.45) is 13.2. The number of carbonyl (C=O) groups is 2. The summed E-state index contributed by atoms with van der Waals surface area (Å²) in [7, 11) is 1.65. The number of aliphatic hydroxyl groups excluding tert-OH is 2. The van der Waals surface area contributed by atoms with Crippen LogP contribution in [0.25, 0.3) is 0 Å². The highest BCUT2D eigenvalue weighted by Gasteiger charge is 2.50. The van der Waals surface area contributed by atoms with E-state index in [4.69, 9.17) is 10.5 Å². The van der Waals surface area contributed by atoms with Crippen molar-refractivity contribution in [3.05, 3.63) is 12.2 Å². The van der Waals surface area contributed by atoms with Crippen molar-refractivity contribution in [3.8, 4) is 0 Å². The maximum atomic E-state index is 12.6. The van der Waals surface area contributed by atoms with Gasteiger partial charge in [-0.25, -0.2) is 0 Å². The molecule has 7 unspecified atom stereocenters. The van der Waals surface area contributed by atoms with E-state index in [0.717, 1.165) is 51.5 Å². The highest BCUT2D eigenvalue weighted by Crippen LogP contribution is 2.48. The summed E-state index contributed by atoms with van der Waals surface area (Å²) in [5, 5.41) is 23.7. The number of piperidine rings is 1. The summed E-state index contributed by atoms with van der Waals surface area (Å²) < 4.78 is 5.72. The van der Waals surface area contributed by atoms with Gasteiger partial charge in [-0.1, -0.05) is 44.8 Å². The van der Waals surface area contributed by atoms with E-state index in [1.807, 2.05) is 0 Å². The van der Waals surface area contributed by atoms with Gasteiger partial charge in [-0.3, -0.25) is 15.3 Å². The monoisotopic (exact) mass is 507 g/mol. The number of aliphatic hydroxyl groups is 2. The predicted molar refractivity (Wildman–Crippen MR) is 140 cm³/mol. The van der Waals surface area contributed by atoms with Gasteiger partial charge in [0.05, 0.1) is 25.2 Å². The Labute approximate surface area is 217 Å². The molecular weight excluding hydrogens is 456 g/mol. The van der Waals surface area contributed by atoms with E-state index < -0.39 is 6.10 Å². The van der Waals surface area contributed by atoms with Gasteiger partial charge in [0.25, 0.3) is 0 Å². The Morgan fingerprint density at radius 2 is 1.81 bits per heavy atom. The fourth-order valence-electron chi connectivity index (χ4n) is 7.28. The number of nitrogens with two attached hydrogens (primary N) is 2. The van der Waals surface area contributed by atoms with E-state index in [1.54, 1.807) is 7.11 Å². The molecule has 1 saturated carbocycles. The summed E-state index contributed by atoms with van der Waals surface area (Å²) in [5.74, 6) is 1.08. The average Bonchev–Trinajstić information content (AvgIpc) is 2.87. The van der Waals surface area contributed by atoms with Crippen molar-refractivity contribution in [2.75, 3.05) is 20.3 Å². The van der Waals surface area contributed by atoms with Gasteiger partial charge >= 0.3 is 0 Å². The van der Waals surface area contributed by atoms with Crippen LogP contribution in [0.4, 0.5) is 0 Å². The zero-order valence-corrected chi connectivity index (χ0v) is 22.5. The first-order valence-corrected chi connectivity index (χ1v) is 14.5. The normalized spacial score (nSPS) is 36.4. The number of unbranched alkanes of at least 4 members (excludes halogenated alkanes) is 4. The zero-order chi connectivity index (χ0) is 26.1. The van der Waals surface area contributed by atoms with Crippen molar-refractivity contribution in [2.45, 2.75) is 102 Å². The molecular formula is C29H51N2O5+. The molecule has 0 bridgehead atoms. The maximum Gasteiger partial charge on any atom is 0.143 e. The predicted octanol–water partition coefficient (Wildman–Crippen LogP) is 2.34. The smallest absolute Gasteiger partial charge is 0.143 e. The first-order chi connectivity index (χ1) is 17.4. The van der Waals surface area contributed by atoms with E-state index in [0.29, 0.717) is 18.8 Å². The van der Waals surface area contributed by atoms with E-state index >= 15 is 0 Å². The molecule has 0 aromatic carbocycles. The van der Waals surface area contributed by atoms with Crippen LogP contribution in [0.3, 0.4) is 0 Å². The van der Waals surface area contributed by atoms with Crippen LogP contribution in [-0.4, -0.2) is 60.4 Å². The van der Waals surface area contributed by atoms with Gasteiger partial charge in [0.2, 0.25) is 0 Å². The van der Waals surface area contributed by atoms with Crippen LogP contribution in [0.1, 0.15) is 84.0 Å². The Kier molecular flexibility index (Phi) is 12.0. The molecule has 0 spiro atoms. The number of rotatable bonds is 14. The molecule has 6 N–H and O–H groups in total. The minimum atomic E-state index is -0.593. The zero-order valence-electron chi connectivity index (χ0n) is 22.5. The first-order valence-electron chi connectivity index (χ1n) is 14.5. The van der Waals surface area contributed by atoms with Gasteiger partial charge in [0, 0.05) is 44.8 Å². The second-order valence-electron chi connectivity index (χ2n) is 11.7. The minimum absolute atomic E-state index is 0.00374. The highest BCUT2D eigenvalue weighted by atomic mass is 16.5. The molecule has 2 aliphatic carbocycles. The van der Waals surface area contributed by atoms with Crippen LogP contribution < -0.4 is 11.1 Å². The Balaban J connectivity index is 1.58. The topological polar surface area (TPSA) is 126 Å². The van der Waals surface area contributed by atoms with E-state index in [2.05, 4.69) is 24.4 Å². The van der Waals surface area contributed by atoms with Crippen molar-refractivity contribution in [3.63, 3.8) is 0 Å². The van der Waals surface area contributed by atoms with Gasteiger partial charge < -0.3 is 20.3 Å². The SMILES string of the molecule is CCCCCCCC(=O)CC(=O)CCC1CC(OC)C(O)C([C@@H]2C3CC[NH2+]C(N)C3C=C[C@H]2CO)C1. The third-order valence-corrected chi connectivity index (χ3v) is 9.23. The lowest BCUT2D eigenvalue weighted by Gasteiger charge is -2.50. The van der Waals surface area contributed by atoms with Crippen LogP contribution in [0.15, 0.2) is 12.2 Å². The van der Waals surface area contributed by atoms with Crippen LogP contribution in [0.5, 0.6) is 0 Å². The summed E-state index contributed by atoms with van der Waals surface area (Å²) in [6.45, 7) is 3.20. The summed E-state index contributed by atoms with van der Waals surface area (Å²) in [5.41, 5.74) is 6.43. The molecule has 1 saturated heterocycles. The molecule has 36 heavy (non-hydrogen) atoms. The van der Waals surface area contributed by atoms with Gasteiger partial charge in [0.15, 0.2) is 0 Å². The number of ketones is 2. The molecule has 2 fully saturated rings. The molecule has 1 heterocycles. The lowest BCUT2D eigenvalue weighted by molar-refractivity contribution is -0.706. The largest absolute Gasteiger partial charge is 0.396 e. The van der Waals surface area contributed by atoms with Crippen molar-refractivity contribution in [1.82, 2.24) is 0 Å². The quantitative estimate of drug-likeness (QED) is 0.162. The Hall–Kier alpha value is -1.12. The Bertz CT molecular complexity index is 728. The lowest BCUT2D eigenvalue weighted by Crippen LogP contribution is -2.97. The number of Topliss-reactive ketones (excluding diaryl/α,β-unsaturated/α-hetero) is 2. The number of hydrogen-bond donors (Lipinski definition) is 4. The van der Waals surface area contributed by atoms with Gasteiger partial charge in [-0.05, 0) is 49.4 Å². The molecule has 0 amide bonds. The fraction of sp³-hybridized carbons (Fsp3) is 0.862. The molecule has 7 heteroatoms. The number of fused-ring (bicyclic) bond motifs is 1. The molecule has 3 aliphatic rings. The van der Waals surface area contributed by atoms with Crippen LogP contribution >= 0.6 is 0 Å². The second-order valence-corrected chi connectivity index (χ2v) is 11.7. The van der Waals surface area contributed by atoms with Gasteiger partial charge in [-0.15, -0.1) is 0 Å². The number of quaternary nitrogens is 1. The molecule has 206 valence electrons. The Morgan fingerprint density at radius 1 is 1.06 bits per heavy atom. The van der Waals surface area contributed by atoms with Gasteiger partial charge in [0.1, 0.15) is 17.7 Å². The van der Waals surface area contributed by atoms with E-state index in [-0.39, 0.29) is 66.5 Å². The second kappa shape index (κ2) is 14.7. The Morgan fingerprint density at radius 3 is 2.53 bits per heavy atom. The van der Waals surface area contributed by atoms with Gasteiger partial charge in [-0.2, -0.15) is 0 Å². The summed E-state index contributed by atoms with van der Waals surface area (Å²) in [4.78, 5) is 24.8. The van der Waals surface area contributed by atoms with Crippen molar-refractivity contribution < 1.29 is 29.9 Å². The molecule has 0 aromatic rings. The van der Waals surface area contributed by atoms with E-state index in [1.165, 1.54) is 12.8 Å². The van der Waals surface area contributed by atoms with Crippen molar-refractivity contribution >= 4 is 11.6 Å². The molecule has 3 rings (SSSR count). The minimum Gasteiger partial charge on any atom is -0.396 e. The van der Waals surface area contributed by atoms with Crippen molar-refractivity contribution in [2.24, 2.45) is 41.2 Å². The maximum absolute atomic E-state index is 12.6. The number of carbonyl (C=O) groups excluding carboxylic acids is 2. The third-order valence-electron chi connectivity index (χ3n) is 9.23. The van der Waals surface area contributed by atoms with Crippen LogP contribution in [0, 0.1) is 35.5 Å². The van der Waals surface area contributed by atoms with Crippen LogP contribution in [-0.2, 0) is 14.3 Å². The number of ether oxygens (including phenoxy) is 1. The lowest BCUT2D eigenvalue weighted by atomic mass is 9.58. The first kappa shape index (κ1) is 29.4. The molecule has 7 nitrogen and oxygen atoms in total. The number of hydrogen-bond acceptors (Lipinski definition) is 6. The molecule has 1 aliphatic heterocycles. The summed E-state index contributed by atoms with van der Waals surface area (Å²) in [6, 6.07) is 0. The van der Waals surface area contributed by atoms with E-state index in [9.17, 15) is 19.8 Å². The number of methoxy groups -OCH3 is 1. The van der Waals surface area contributed by atoms with Crippen molar-refractivity contribution in [1.29, 1.82) is 0 Å². The molecule has 0 aromatic heterocycles. The molecule has 9 atom stereocenters. The highest BCUT2D eigenvalue weighted by molar-refractivity contribution is 5.98.